The van der Waals surface area contributed by atoms with Gasteiger partial charge in [-0.05, 0) is 109 Å². The number of hydrogen-bond acceptors (Lipinski definition) is 1. The van der Waals surface area contributed by atoms with E-state index in [4.69, 9.17) is 0 Å². The topological polar surface area (TPSA) is 8.17 Å². The Bertz CT molecular complexity index is 2550. The third-order valence-corrected chi connectivity index (χ3v) is 9.10. The van der Waals surface area contributed by atoms with Gasteiger partial charge in [0.25, 0.3) is 0 Å². The van der Waals surface area contributed by atoms with Gasteiger partial charge in [0.1, 0.15) is 5.82 Å². The first-order valence-electron chi connectivity index (χ1n) is 16.1. The van der Waals surface area contributed by atoms with Crippen LogP contribution in [0.4, 0.5) is 43.4 Å². The maximum Gasteiger partial charge on any atom is 0.200 e. The molecule has 0 atom stereocenters. The molecule has 51 heavy (non-hydrogen) atoms. The number of halogens is 6. The van der Waals surface area contributed by atoms with Crippen LogP contribution in [0, 0.1) is 41.8 Å². The molecule has 2 nitrogen and oxygen atoms in total. The Kier molecular flexibility index (Phi) is 7.87. The Balaban J connectivity index is 1.19. The fraction of sp³-hybridized carbons (Fsp3) is 0.0233. The van der Waals surface area contributed by atoms with Crippen LogP contribution in [0.2, 0.25) is 0 Å². The van der Waals surface area contributed by atoms with Crippen LogP contribution < -0.4 is 4.90 Å². The molecule has 0 spiro atoms. The van der Waals surface area contributed by atoms with Crippen molar-refractivity contribution in [1.29, 1.82) is 0 Å². The van der Waals surface area contributed by atoms with E-state index in [-0.39, 0.29) is 5.56 Å². The Morgan fingerprint density at radius 1 is 0.431 bits per heavy atom. The lowest BCUT2D eigenvalue weighted by Gasteiger charge is -2.26. The SMILES string of the molecule is Cc1ccc2c(c1)c1cc(-c3ccc(N(c4ccc(F)cc4)c4ccc(-c5c(F)c(F)c(F)c(F)c5F)cc4)cc3)ccc1n2-c1ccccc1. The molecule has 0 aliphatic rings. The van der Waals surface area contributed by atoms with Crippen molar-refractivity contribution < 1.29 is 26.3 Å². The molecule has 0 radical (unpaired) electrons. The number of fused-ring (bicyclic) bond motifs is 3. The predicted molar refractivity (Wildman–Crippen MR) is 191 cm³/mol. The van der Waals surface area contributed by atoms with Crippen molar-refractivity contribution in [3.8, 4) is 27.9 Å². The van der Waals surface area contributed by atoms with Crippen LogP contribution in [0.25, 0.3) is 49.7 Å². The second-order valence-corrected chi connectivity index (χ2v) is 12.3. The summed E-state index contributed by atoms with van der Waals surface area (Å²) in [5.74, 6) is -10.5. The van der Waals surface area contributed by atoms with Crippen LogP contribution in [0.5, 0.6) is 0 Å². The number of nitrogens with zero attached hydrogens (tertiary/aromatic N) is 2. The monoisotopic (exact) mass is 684 g/mol. The van der Waals surface area contributed by atoms with Gasteiger partial charge in [0.2, 0.25) is 5.82 Å². The summed E-state index contributed by atoms with van der Waals surface area (Å²) >= 11 is 0. The summed E-state index contributed by atoms with van der Waals surface area (Å²) in [7, 11) is 0. The van der Waals surface area contributed by atoms with Gasteiger partial charge < -0.3 is 9.47 Å². The molecule has 0 bridgehead atoms. The molecule has 0 amide bonds. The number of aryl methyl sites for hydroxylation is 1. The molecule has 1 aromatic heterocycles. The minimum Gasteiger partial charge on any atom is -0.311 e. The van der Waals surface area contributed by atoms with Crippen molar-refractivity contribution in [3.63, 3.8) is 0 Å². The van der Waals surface area contributed by atoms with Gasteiger partial charge in [0.15, 0.2) is 23.3 Å². The summed E-state index contributed by atoms with van der Waals surface area (Å²) in [6.45, 7) is 2.08. The molecule has 0 fully saturated rings. The van der Waals surface area contributed by atoms with Gasteiger partial charge in [-0.2, -0.15) is 0 Å². The van der Waals surface area contributed by atoms with E-state index in [0.29, 0.717) is 17.1 Å². The average Bonchev–Trinajstić information content (AvgIpc) is 3.48. The Morgan fingerprint density at radius 2 is 0.902 bits per heavy atom. The summed E-state index contributed by atoms with van der Waals surface area (Å²) in [5, 5.41) is 2.25. The van der Waals surface area contributed by atoms with Gasteiger partial charge in [-0.3, -0.25) is 0 Å². The summed E-state index contributed by atoms with van der Waals surface area (Å²) < 4.78 is 87.0. The van der Waals surface area contributed by atoms with Crippen molar-refractivity contribution in [2.45, 2.75) is 6.92 Å². The quantitative estimate of drug-likeness (QED) is 0.0962. The van der Waals surface area contributed by atoms with Crippen LogP contribution in [0.3, 0.4) is 0 Å². The second kappa shape index (κ2) is 12.6. The zero-order valence-corrected chi connectivity index (χ0v) is 26.9. The summed E-state index contributed by atoms with van der Waals surface area (Å²) in [5.41, 5.74) is 6.94. The number of benzene rings is 7. The van der Waals surface area contributed by atoms with Crippen LogP contribution in [-0.2, 0) is 0 Å². The number of para-hydroxylation sites is 1. The lowest BCUT2D eigenvalue weighted by molar-refractivity contribution is 0.381. The number of hydrogen-bond donors (Lipinski definition) is 0. The fourth-order valence-electron chi connectivity index (χ4n) is 6.65. The summed E-state index contributed by atoms with van der Waals surface area (Å²) in [6, 6.07) is 42.1. The largest absolute Gasteiger partial charge is 0.311 e. The Hall–Kier alpha value is -6.28. The van der Waals surface area contributed by atoms with E-state index < -0.39 is 40.5 Å². The highest BCUT2D eigenvalue weighted by atomic mass is 19.2. The third-order valence-electron chi connectivity index (χ3n) is 9.10. The van der Waals surface area contributed by atoms with Crippen molar-refractivity contribution in [3.05, 3.63) is 180 Å². The molecule has 0 aliphatic carbocycles. The highest BCUT2D eigenvalue weighted by Gasteiger charge is 2.27. The maximum atomic E-state index is 14.6. The first kappa shape index (κ1) is 32.0. The summed E-state index contributed by atoms with van der Waals surface area (Å²) in [6.07, 6.45) is 0. The van der Waals surface area contributed by atoms with E-state index in [0.717, 1.165) is 44.2 Å². The van der Waals surface area contributed by atoms with Crippen LogP contribution in [0.1, 0.15) is 5.56 Å². The van der Waals surface area contributed by atoms with E-state index in [1.807, 2.05) is 42.5 Å². The van der Waals surface area contributed by atoms with E-state index in [1.165, 1.54) is 36.4 Å². The first-order chi connectivity index (χ1) is 24.7. The summed E-state index contributed by atoms with van der Waals surface area (Å²) in [4.78, 5) is 1.80. The number of anilines is 3. The molecule has 0 saturated heterocycles. The van der Waals surface area contributed by atoms with E-state index in [1.54, 1.807) is 17.0 Å². The van der Waals surface area contributed by atoms with Gasteiger partial charge >= 0.3 is 0 Å². The molecule has 0 unspecified atom stereocenters. The molecule has 8 rings (SSSR count). The van der Waals surface area contributed by atoms with Gasteiger partial charge in [-0.15, -0.1) is 0 Å². The molecule has 0 saturated carbocycles. The highest BCUT2D eigenvalue weighted by molar-refractivity contribution is 6.10. The molecule has 1 heterocycles. The minimum absolute atomic E-state index is 0.194. The van der Waals surface area contributed by atoms with Crippen LogP contribution in [-0.4, -0.2) is 4.57 Å². The predicted octanol–water partition coefficient (Wildman–Crippen LogP) is 12.7. The van der Waals surface area contributed by atoms with Gasteiger partial charge in [0.05, 0.1) is 16.6 Å². The molecule has 8 aromatic rings. The van der Waals surface area contributed by atoms with Gasteiger partial charge in [-0.1, -0.05) is 60.2 Å². The fourth-order valence-corrected chi connectivity index (χ4v) is 6.65. The third kappa shape index (κ3) is 5.49. The molecule has 7 aromatic carbocycles. The molecule has 0 N–H and O–H groups in total. The molecule has 250 valence electrons. The number of rotatable bonds is 6. The van der Waals surface area contributed by atoms with Gasteiger partial charge in [0, 0.05) is 33.5 Å². The Labute approximate surface area is 289 Å². The molecule has 8 heteroatoms. The normalized spacial score (nSPS) is 11.4. The average molecular weight is 685 g/mol. The van der Waals surface area contributed by atoms with Crippen LogP contribution >= 0.6 is 0 Å². The Morgan fingerprint density at radius 3 is 1.49 bits per heavy atom. The smallest absolute Gasteiger partial charge is 0.200 e. The second-order valence-electron chi connectivity index (χ2n) is 12.3. The van der Waals surface area contributed by atoms with Crippen LogP contribution in [0.15, 0.2) is 140 Å². The first-order valence-corrected chi connectivity index (χ1v) is 16.1. The minimum atomic E-state index is -2.22. The zero-order valence-electron chi connectivity index (χ0n) is 26.9. The zero-order chi connectivity index (χ0) is 35.4. The number of aromatic nitrogens is 1. The molecular weight excluding hydrogens is 658 g/mol. The lowest BCUT2D eigenvalue weighted by Crippen LogP contribution is -2.10. The lowest BCUT2D eigenvalue weighted by atomic mass is 10.0. The van der Waals surface area contributed by atoms with Crippen molar-refractivity contribution >= 4 is 38.9 Å². The van der Waals surface area contributed by atoms with Crippen molar-refractivity contribution in [2.75, 3.05) is 4.90 Å². The van der Waals surface area contributed by atoms with E-state index in [2.05, 4.69) is 60.0 Å². The van der Waals surface area contributed by atoms with Crippen molar-refractivity contribution in [2.24, 2.45) is 0 Å². The molecule has 0 aliphatic heterocycles. The van der Waals surface area contributed by atoms with Crippen molar-refractivity contribution in [1.82, 2.24) is 4.57 Å². The highest BCUT2D eigenvalue weighted by Crippen LogP contribution is 2.40. The van der Waals surface area contributed by atoms with E-state index in [9.17, 15) is 26.3 Å². The standard InChI is InChI=1S/C43H26F6N2/c1-25-7-21-36-34(23-25)35-24-28(12-22-37(35)51(36)30-5-3-2-4-6-30)26-8-15-31(16-9-26)50(33-19-13-29(44)14-20-33)32-17-10-27(11-18-32)38-39(45)41(47)43(49)42(48)40(38)46/h2-24H,1H3. The van der Waals surface area contributed by atoms with Gasteiger partial charge in [-0.25, -0.2) is 26.3 Å². The maximum absolute atomic E-state index is 14.6. The molecular formula is C43H26F6N2. The van der Waals surface area contributed by atoms with E-state index >= 15 is 0 Å².